The van der Waals surface area contributed by atoms with Crippen molar-refractivity contribution in [3.8, 4) is 22.1 Å². The summed E-state index contributed by atoms with van der Waals surface area (Å²) < 4.78 is 16.0. The molecule has 0 unspecified atom stereocenters. The standard InChI is InChI=1S/C20H19NO4S2/c1-23-16-9-8-13(10-17(16)24-2)19-21-14(12-27-19)11-25-20(22)15-6-4-5-7-18(15)26-3/h4-10,12H,11H2,1-3H3. The summed E-state index contributed by atoms with van der Waals surface area (Å²) in [6.45, 7) is 0.130. The molecule has 27 heavy (non-hydrogen) atoms. The topological polar surface area (TPSA) is 57.7 Å². The molecule has 0 radical (unpaired) electrons. The van der Waals surface area contributed by atoms with Gasteiger partial charge in [0.2, 0.25) is 0 Å². The number of esters is 1. The number of benzene rings is 2. The van der Waals surface area contributed by atoms with Gasteiger partial charge in [-0.25, -0.2) is 9.78 Å². The van der Waals surface area contributed by atoms with Crippen LogP contribution in [0.4, 0.5) is 0 Å². The maximum Gasteiger partial charge on any atom is 0.339 e. The van der Waals surface area contributed by atoms with E-state index in [1.54, 1.807) is 20.3 Å². The van der Waals surface area contributed by atoms with Gasteiger partial charge in [-0.2, -0.15) is 0 Å². The van der Waals surface area contributed by atoms with Crippen LogP contribution in [0.3, 0.4) is 0 Å². The minimum atomic E-state index is -0.347. The van der Waals surface area contributed by atoms with Crippen LogP contribution < -0.4 is 9.47 Å². The molecule has 0 atom stereocenters. The van der Waals surface area contributed by atoms with Crippen molar-refractivity contribution in [1.29, 1.82) is 0 Å². The smallest absolute Gasteiger partial charge is 0.339 e. The molecule has 3 rings (SSSR count). The van der Waals surface area contributed by atoms with Crippen LogP contribution in [-0.4, -0.2) is 31.4 Å². The number of carbonyl (C=O) groups is 1. The maximum atomic E-state index is 12.3. The van der Waals surface area contributed by atoms with Crippen molar-refractivity contribution in [3.63, 3.8) is 0 Å². The average Bonchev–Trinajstić information content (AvgIpc) is 3.20. The molecule has 3 aromatic rings. The number of hydrogen-bond donors (Lipinski definition) is 0. The van der Waals surface area contributed by atoms with Crippen molar-refractivity contribution in [2.75, 3.05) is 20.5 Å². The van der Waals surface area contributed by atoms with Crippen molar-refractivity contribution in [3.05, 3.63) is 59.1 Å². The Kier molecular flexibility index (Phi) is 6.36. The Bertz CT molecular complexity index is 939. The molecular formula is C20H19NO4S2. The number of hydrogen-bond acceptors (Lipinski definition) is 7. The van der Waals surface area contributed by atoms with E-state index in [9.17, 15) is 4.79 Å². The van der Waals surface area contributed by atoms with Crippen LogP contribution in [0, 0.1) is 0 Å². The molecule has 0 bridgehead atoms. The van der Waals surface area contributed by atoms with E-state index in [2.05, 4.69) is 4.98 Å². The Morgan fingerprint density at radius 1 is 1.11 bits per heavy atom. The van der Waals surface area contributed by atoms with Crippen molar-refractivity contribution < 1.29 is 19.0 Å². The molecule has 2 aromatic carbocycles. The third kappa shape index (κ3) is 4.43. The quantitative estimate of drug-likeness (QED) is 0.414. The lowest BCUT2D eigenvalue weighted by atomic mass is 10.2. The average molecular weight is 402 g/mol. The van der Waals surface area contributed by atoms with E-state index < -0.39 is 0 Å². The van der Waals surface area contributed by atoms with Crippen LogP contribution in [-0.2, 0) is 11.3 Å². The second-order valence-electron chi connectivity index (χ2n) is 5.49. The van der Waals surface area contributed by atoms with Gasteiger partial charge in [-0.05, 0) is 36.6 Å². The summed E-state index contributed by atoms with van der Waals surface area (Å²) in [6, 6.07) is 13.0. The van der Waals surface area contributed by atoms with Crippen molar-refractivity contribution in [1.82, 2.24) is 4.98 Å². The van der Waals surface area contributed by atoms with E-state index in [1.165, 1.54) is 23.1 Å². The molecule has 0 aliphatic rings. The van der Waals surface area contributed by atoms with Gasteiger partial charge in [-0.3, -0.25) is 0 Å². The Morgan fingerprint density at radius 3 is 2.63 bits per heavy atom. The summed E-state index contributed by atoms with van der Waals surface area (Å²) in [5.41, 5.74) is 2.20. The molecule has 0 spiro atoms. The van der Waals surface area contributed by atoms with Gasteiger partial charge in [0.05, 0.1) is 25.5 Å². The first-order valence-corrected chi connectivity index (χ1v) is 10.2. The Hall–Kier alpha value is -2.51. The van der Waals surface area contributed by atoms with Gasteiger partial charge in [0, 0.05) is 15.8 Å². The fourth-order valence-electron chi connectivity index (χ4n) is 2.51. The van der Waals surface area contributed by atoms with E-state index in [-0.39, 0.29) is 12.6 Å². The summed E-state index contributed by atoms with van der Waals surface area (Å²) in [5.74, 6) is 0.965. The molecule has 1 heterocycles. The van der Waals surface area contributed by atoms with Gasteiger partial charge >= 0.3 is 5.97 Å². The van der Waals surface area contributed by atoms with Gasteiger partial charge in [0.25, 0.3) is 0 Å². The van der Waals surface area contributed by atoms with E-state index >= 15 is 0 Å². The number of aromatic nitrogens is 1. The van der Waals surface area contributed by atoms with Gasteiger partial charge in [0.1, 0.15) is 11.6 Å². The van der Waals surface area contributed by atoms with E-state index in [0.717, 1.165) is 15.5 Å². The molecule has 0 saturated heterocycles. The third-order valence-electron chi connectivity index (χ3n) is 3.86. The highest BCUT2D eigenvalue weighted by molar-refractivity contribution is 7.98. The zero-order chi connectivity index (χ0) is 19.2. The molecule has 0 amide bonds. The van der Waals surface area contributed by atoms with Crippen LogP contribution in [0.2, 0.25) is 0 Å². The van der Waals surface area contributed by atoms with E-state index in [4.69, 9.17) is 14.2 Å². The monoisotopic (exact) mass is 401 g/mol. The molecule has 140 valence electrons. The molecular weight excluding hydrogens is 382 g/mol. The minimum absolute atomic E-state index is 0.130. The molecule has 0 aliphatic heterocycles. The van der Waals surface area contributed by atoms with Crippen molar-refractivity contribution in [2.24, 2.45) is 0 Å². The summed E-state index contributed by atoms with van der Waals surface area (Å²) in [5, 5.41) is 2.71. The van der Waals surface area contributed by atoms with Crippen molar-refractivity contribution in [2.45, 2.75) is 11.5 Å². The number of thiazole rings is 1. The lowest BCUT2D eigenvalue weighted by Crippen LogP contribution is -2.06. The van der Waals surface area contributed by atoms with Crippen LogP contribution in [0.25, 0.3) is 10.6 Å². The Labute approximate surface area is 166 Å². The third-order valence-corrected chi connectivity index (χ3v) is 5.60. The number of thioether (sulfide) groups is 1. The molecule has 1 aromatic heterocycles. The molecule has 0 aliphatic carbocycles. The number of methoxy groups -OCH3 is 2. The summed E-state index contributed by atoms with van der Waals surface area (Å²) in [6.07, 6.45) is 1.93. The summed E-state index contributed by atoms with van der Waals surface area (Å²) in [7, 11) is 3.20. The maximum absolute atomic E-state index is 12.3. The Morgan fingerprint density at radius 2 is 1.89 bits per heavy atom. The fraction of sp³-hybridized carbons (Fsp3) is 0.200. The van der Waals surface area contributed by atoms with Gasteiger partial charge < -0.3 is 14.2 Å². The van der Waals surface area contributed by atoms with Crippen LogP contribution in [0.5, 0.6) is 11.5 Å². The lowest BCUT2D eigenvalue weighted by Gasteiger charge is -2.08. The highest BCUT2D eigenvalue weighted by atomic mass is 32.2. The SMILES string of the molecule is COc1ccc(-c2nc(COC(=O)c3ccccc3SC)cs2)cc1OC. The van der Waals surface area contributed by atoms with Crippen LogP contribution >= 0.6 is 23.1 Å². The number of carbonyl (C=O) groups excluding carboxylic acids is 1. The van der Waals surface area contributed by atoms with Gasteiger partial charge in [0.15, 0.2) is 11.5 Å². The van der Waals surface area contributed by atoms with Crippen LogP contribution in [0.15, 0.2) is 52.7 Å². The number of rotatable bonds is 7. The molecule has 0 N–H and O–H groups in total. The van der Waals surface area contributed by atoms with Gasteiger partial charge in [-0.1, -0.05) is 12.1 Å². The predicted molar refractivity (Wildman–Crippen MR) is 108 cm³/mol. The minimum Gasteiger partial charge on any atom is -0.493 e. The molecule has 7 heteroatoms. The molecule has 5 nitrogen and oxygen atoms in total. The second-order valence-corrected chi connectivity index (χ2v) is 7.20. The Balaban J connectivity index is 1.70. The predicted octanol–water partition coefficient (Wildman–Crippen LogP) is 4.91. The van der Waals surface area contributed by atoms with Crippen LogP contribution in [0.1, 0.15) is 16.1 Å². The van der Waals surface area contributed by atoms with Gasteiger partial charge in [-0.15, -0.1) is 23.1 Å². The second kappa shape index (κ2) is 8.92. The van der Waals surface area contributed by atoms with Crippen molar-refractivity contribution >= 4 is 29.1 Å². The highest BCUT2D eigenvalue weighted by Crippen LogP contribution is 2.33. The van der Waals surface area contributed by atoms with E-state index in [0.29, 0.717) is 22.8 Å². The zero-order valence-electron chi connectivity index (χ0n) is 15.2. The molecule has 0 fully saturated rings. The summed E-state index contributed by atoms with van der Waals surface area (Å²) in [4.78, 5) is 17.8. The molecule has 0 saturated carbocycles. The fourth-order valence-corrected chi connectivity index (χ4v) is 3.89. The first-order valence-electron chi connectivity index (χ1n) is 8.13. The number of nitrogens with zero attached hydrogens (tertiary/aromatic N) is 1. The lowest BCUT2D eigenvalue weighted by molar-refractivity contribution is 0.0464. The first-order chi connectivity index (χ1) is 13.2. The first kappa shape index (κ1) is 19.3. The largest absolute Gasteiger partial charge is 0.493 e. The summed E-state index contributed by atoms with van der Waals surface area (Å²) >= 11 is 3.00. The normalized spacial score (nSPS) is 10.5. The highest BCUT2D eigenvalue weighted by Gasteiger charge is 2.14. The number of ether oxygens (including phenoxy) is 3. The zero-order valence-corrected chi connectivity index (χ0v) is 16.9. The van der Waals surface area contributed by atoms with E-state index in [1.807, 2.05) is 48.0 Å².